The predicted molar refractivity (Wildman–Crippen MR) is 95.4 cm³/mol. The van der Waals surface area contributed by atoms with Crippen LogP contribution in [0.3, 0.4) is 0 Å². The van der Waals surface area contributed by atoms with Gasteiger partial charge in [-0.1, -0.05) is 6.07 Å². The highest BCUT2D eigenvalue weighted by molar-refractivity contribution is 6.06. The van der Waals surface area contributed by atoms with Crippen LogP contribution in [-0.2, 0) is 0 Å². The number of amides is 3. The number of H-pyrrole nitrogens is 1. The number of nitrogens with two attached hydrogens (primary N) is 1. The van der Waals surface area contributed by atoms with E-state index >= 15 is 0 Å². The van der Waals surface area contributed by atoms with E-state index in [1.54, 1.807) is 24.3 Å². The number of benzene rings is 2. The van der Waals surface area contributed by atoms with E-state index in [0.29, 0.717) is 17.1 Å². The van der Waals surface area contributed by atoms with Crippen molar-refractivity contribution in [3.8, 4) is 0 Å². The zero-order valence-corrected chi connectivity index (χ0v) is 13.4. The van der Waals surface area contributed by atoms with E-state index in [0.717, 1.165) is 22.0 Å². The van der Waals surface area contributed by atoms with Gasteiger partial charge in [0.2, 0.25) is 0 Å². The van der Waals surface area contributed by atoms with Crippen molar-refractivity contribution in [3.05, 3.63) is 59.3 Å². The third kappa shape index (κ3) is 3.22. The lowest BCUT2D eigenvalue weighted by Gasteiger charge is -2.05. The van der Waals surface area contributed by atoms with Crippen molar-refractivity contribution in [1.29, 1.82) is 0 Å². The fourth-order valence-corrected chi connectivity index (χ4v) is 2.70. The molecule has 2 aromatic carbocycles. The van der Waals surface area contributed by atoms with E-state index in [-0.39, 0.29) is 5.91 Å². The number of hydrogen-bond donors (Lipinski definition) is 4. The number of aryl methyl sites for hydroxylation is 2. The second kappa shape index (κ2) is 6.08. The van der Waals surface area contributed by atoms with Crippen molar-refractivity contribution in [1.82, 2.24) is 4.98 Å². The Morgan fingerprint density at radius 1 is 0.958 bits per heavy atom. The molecule has 0 aliphatic carbocycles. The van der Waals surface area contributed by atoms with Gasteiger partial charge in [0.25, 0.3) is 5.91 Å². The number of anilines is 2. The molecule has 3 rings (SSSR count). The van der Waals surface area contributed by atoms with Gasteiger partial charge in [-0.15, -0.1) is 0 Å². The first kappa shape index (κ1) is 15.6. The third-order valence-electron chi connectivity index (χ3n) is 3.74. The molecule has 0 aliphatic rings. The number of fused-ring (bicyclic) bond motifs is 1. The Morgan fingerprint density at radius 3 is 2.21 bits per heavy atom. The maximum Gasteiger partial charge on any atom is 0.316 e. The SMILES string of the molecule is Cc1cc(C)c2cc(C(=O)Nc3ccc(NC(N)=O)cc3)[nH]c2c1. The van der Waals surface area contributed by atoms with Crippen LogP contribution in [0.25, 0.3) is 10.9 Å². The molecule has 0 bridgehead atoms. The summed E-state index contributed by atoms with van der Waals surface area (Å²) in [5, 5.41) is 6.32. The van der Waals surface area contributed by atoms with Crippen molar-refractivity contribution >= 4 is 34.2 Å². The van der Waals surface area contributed by atoms with Gasteiger partial charge in [0, 0.05) is 22.3 Å². The number of aromatic nitrogens is 1. The zero-order valence-electron chi connectivity index (χ0n) is 13.4. The summed E-state index contributed by atoms with van der Waals surface area (Å²) in [6.07, 6.45) is 0. The molecule has 0 spiro atoms. The van der Waals surface area contributed by atoms with Crippen LogP contribution in [0.1, 0.15) is 21.6 Å². The highest BCUT2D eigenvalue weighted by Gasteiger charge is 2.11. The lowest BCUT2D eigenvalue weighted by molar-refractivity contribution is 0.102. The van der Waals surface area contributed by atoms with Crippen LogP contribution in [0.15, 0.2) is 42.5 Å². The van der Waals surface area contributed by atoms with Crippen LogP contribution in [-0.4, -0.2) is 16.9 Å². The highest BCUT2D eigenvalue weighted by atomic mass is 16.2. The van der Waals surface area contributed by atoms with Gasteiger partial charge in [0.1, 0.15) is 5.69 Å². The fourth-order valence-electron chi connectivity index (χ4n) is 2.70. The van der Waals surface area contributed by atoms with Gasteiger partial charge in [-0.3, -0.25) is 4.79 Å². The summed E-state index contributed by atoms with van der Waals surface area (Å²) in [5.74, 6) is -0.223. The Balaban J connectivity index is 1.79. The first-order valence-corrected chi connectivity index (χ1v) is 7.50. The van der Waals surface area contributed by atoms with E-state index in [4.69, 9.17) is 5.73 Å². The molecule has 122 valence electrons. The van der Waals surface area contributed by atoms with Gasteiger partial charge in [0.15, 0.2) is 0 Å². The number of hydrogen-bond acceptors (Lipinski definition) is 2. The zero-order chi connectivity index (χ0) is 17.3. The molecule has 0 radical (unpaired) electrons. The van der Waals surface area contributed by atoms with E-state index in [1.807, 2.05) is 26.0 Å². The Hall–Kier alpha value is -3.28. The number of nitrogens with one attached hydrogen (secondary N) is 3. The molecule has 1 aromatic heterocycles. The Labute approximate surface area is 139 Å². The minimum atomic E-state index is -0.629. The number of urea groups is 1. The molecular formula is C18H18N4O2. The Bertz CT molecular complexity index is 926. The minimum absolute atomic E-state index is 0.223. The third-order valence-corrected chi connectivity index (χ3v) is 3.74. The monoisotopic (exact) mass is 322 g/mol. The van der Waals surface area contributed by atoms with E-state index in [9.17, 15) is 9.59 Å². The van der Waals surface area contributed by atoms with Crippen LogP contribution < -0.4 is 16.4 Å². The number of carbonyl (C=O) groups is 2. The largest absolute Gasteiger partial charge is 0.351 e. The molecule has 6 nitrogen and oxygen atoms in total. The van der Waals surface area contributed by atoms with Gasteiger partial charge in [-0.25, -0.2) is 4.79 Å². The molecule has 0 aliphatic heterocycles. The van der Waals surface area contributed by atoms with Crippen molar-refractivity contribution in [2.45, 2.75) is 13.8 Å². The summed E-state index contributed by atoms with van der Waals surface area (Å²) >= 11 is 0. The van der Waals surface area contributed by atoms with Gasteiger partial charge in [-0.2, -0.15) is 0 Å². The topological polar surface area (TPSA) is 100 Å². The summed E-state index contributed by atoms with van der Waals surface area (Å²) in [6, 6.07) is 12.0. The second-order valence-corrected chi connectivity index (χ2v) is 5.75. The smallest absolute Gasteiger partial charge is 0.316 e. The first-order chi connectivity index (χ1) is 11.4. The second-order valence-electron chi connectivity index (χ2n) is 5.75. The molecule has 24 heavy (non-hydrogen) atoms. The molecule has 6 heteroatoms. The van der Waals surface area contributed by atoms with Gasteiger partial charge >= 0.3 is 6.03 Å². The molecule has 3 aromatic rings. The predicted octanol–water partition coefficient (Wildman–Crippen LogP) is 3.53. The molecule has 3 amide bonds. The highest BCUT2D eigenvalue weighted by Crippen LogP contribution is 2.22. The lowest BCUT2D eigenvalue weighted by Crippen LogP contribution is -2.19. The summed E-state index contributed by atoms with van der Waals surface area (Å²) in [6.45, 7) is 4.05. The fraction of sp³-hybridized carbons (Fsp3) is 0.111. The van der Waals surface area contributed by atoms with Crippen LogP contribution in [0.5, 0.6) is 0 Å². The van der Waals surface area contributed by atoms with Crippen LogP contribution in [0.4, 0.5) is 16.2 Å². The van der Waals surface area contributed by atoms with Crippen LogP contribution >= 0.6 is 0 Å². The van der Waals surface area contributed by atoms with Crippen LogP contribution in [0.2, 0.25) is 0 Å². The van der Waals surface area contributed by atoms with Crippen molar-refractivity contribution in [2.75, 3.05) is 10.6 Å². The minimum Gasteiger partial charge on any atom is -0.351 e. The number of aromatic amines is 1. The Morgan fingerprint density at radius 2 is 1.58 bits per heavy atom. The first-order valence-electron chi connectivity index (χ1n) is 7.50. The molecule has 0 unspecified atom stereocenters. The maximum atomic E-state index is 12.4. The van der Waals surface area contributed by atoms with Gasteiger partial charge in [-0.05, 0) is 61.4 Å². The lowest BCUT2D eigenvalue weighted by atomic mass is 10.1. The van der Waals surface area contributed by atoms with Crippen molar-refractivity contribution < 1.29 is 9.59 Å². The van der Waals surface area contributed by atoms with E-state index in [1.165, 1.54) is 0 Å². The quantitative estimate of drug-likeness (QED) is 0.593. The number of primary amides is 1. The van der Waals surface area contributed by atoms with Crippen LogP contribution in [0, 0.1) is 13.8 Å². The van der Waals surface area contributed by atoms with E-state index < -0.39 is 6.03 Å². The van der Waals surface area contributed by atoms with E-state index in [2.05, 4.69) is 21.7 Å². The summed E-state index contributed by atoms with van der Waals surface area (Å²) < 4.78 is 0. The van der Waals surface area contributed by atoms with Gasteiger partial charge < -0.3 is 21.4 Å². The summed E-state index contributed by atoms with van der Waals surface area (Å²) in [4.78, 5) is 26.4. The molecule has 1 heterocycles. The molecular weight excluding hydrogens is 304 g/mol. The maximum absolute atomic E-state index is 12.4. The standard InChI is InChI=1S/C18H18N4O2/c1-10-7-11(2)14-9-16(22-15(14)8-10)17(23)20-12-3-5-13(6-4-12)21-18(19)24/h3-9,22H,1-2H3,(H,20,23)(H3,19,21,24). The normalized spacial score (nSPS) is 10.6. The molecule has 0 saturated carbocycles. The number of carbonyl (C=O) groups excluding carboxylic acids is 2. The van der Waals surface area contributed by atoms with Crippen molar-refractivity contribution in [3.63, 3.8) is 0 Å². The Kier molecular flexibility index (Phi) is 3.95. The molecule has 0 atom stereocenters. The molecule has 0 saturated heterocycles. The summed E-state index contributed by atoms with van der Waals surface area (Å²) in [7, 11) is 0. The molecule has 5 N–H and O–H groups in total. The van der Waals surface area contributed by atoms with Gasteiger partial charge in [0.05, 0.1) is 0 Å². The average Bonchev–Trinajstić information content (AvgIpc) is 2.93. The number of rotatable bonds is 3. The summed E-state index contributed by atoms with van der Waals surface area (Å²) in [5.41, 5.74) is 9.96. The average molecular weight is 322 g/mol. The van der Waals surface area contributed by atoms with Crippen molar-refractivity contribution in [2.24, 2.45) is 5.73 Å². The molecule has 0 fully saturated rings.